The van der Waals surface area contributed by atoms with Crippen LogP contribution in [0.1, 0.15) is 6.42 Å². The Bertz CT molecular complexity index is 139. The zero-order chi connectivity index (χ0) is 6.24. The Hall–Kier alpha value is -0.670. The largest absolute Gasteiger partial charge is 0.292 e. The summed E-state index contributed by atoms with van der Waals surface area (Å²) in [6.07, 6.45) is 5.35. The molecule has 0 fully saturated rings. The van der Waals surface area contributed by atoms with Crippen molar-refractivity contribution in [3.63, 3.8) is 0 Å². The molecule has 0 atom stereocenters. The first-order valence-corrected chi connectivity index (χ1v) is 2.12. The number of hydrogen-bond acceptors (Lipinski definition) is 2. The van der Waals surface area contributed by atoms with Gasteiger partial charge >= 0.3 is 0 Å². The highest BCUT2D eigenvalue weighted by molar-refractivity contribution is 5.85. The van der Waals surface area contributed by atoms with E-state index in [-0.39, 0.29) is 19.0 Å². The van der Waals surface area contributed by atoms with Gasteiger partial charge in [-0.1, -0.05) is 17.8 Å². The molecule has 0 aliphatic carbocycles. The standard InChI is InChI=1S/C6H7NO.ClH/c1-2-3-4-5-6-8-7;/h1H,3,6-7H2;1H. The third-order valence-corrected chi connectivity index (χ3v) is 0.471. The third kappa shape index (κ3) is 11.1. The van der Waals surface area contributed by atoms with Crippen LogP contribution in [0.15, 0.2) is 0 Å². The molecule has 0 spiro atoms. The van der Waals surface area contributed by atoms with E-state index in [1.54, 1.807) is 0 Å². The minimum absolute atomic E-state index is 0. The highest BCUT2D eigenvalue weighted by Gasteiger charge is 1.66. The van der Waals surface area contributed by atoms with Crippen LogP contribution in [0.5, 0.6) is 0 Å². The Morgan fingerprint density at radius 3 is 2.56 bits per heavy atom. The molecule has 50 valence electrons. The fourth-order valence-electron chi connectivity index (χ4n) is 0.206. The lowest BCUT2D eigenvalue weighted by Crippen LogP contribution is -1.97. The Morgan fingerprint density at radius 1 is 1.44 bits per heavy atom. The van der Waals surface area contributed by atoms with E-state index in [4.69, 9.17) is 6.42 Å². The average Bonchev–Trinajstić information content (AvgIpc) is 1.81. The fourth-order valence-corrected chi connectivity index (χ4v) is 0.206. The molecule has 0 unspecified atom stereocenters. The van der Waals surface area contributed by atoms with Gasteiger partial charge in [0.25, 0.3) is 0 Å². The van der Waals surface area contributed by atoms with Crippen molar-refractivity contribution >= 4 is 12.4 Å². The first-order valence-electron chi connectivity index (χ1n) is 2.12. The van der Waals surface area contributed by atoms with E-state index in [1.807, 2.05) is 0 Å². The zero-order valence-electron chi connectivity index (χ0n) is 4.89. The summed E-state index contributed by atoms with van der Waals surface area (Å²) < 4.78 is 0. The summed E-state index contributed by atoms with van der Waals surface area (Å²) in [5.41, 5.74) is 0. The predicted octanol–water partition coefficient (Wildman–Crippen LogP) is 0.325. The van der Waals surface area contributed by atoms with Gasteiger partial charge in [0.1, 0.15) is 6.61 Å². The molecular formula is C6H8ClNO. The molecule has 3 heteroatoms. The minimum atomic E-state index is 0. The van der Waals surface area contributed by atoms with Crippen molar-refractivity contribution in [1.29, 1.82) is 0 Å². The summed E-state index contributed by atoms with van der Waals surface area (Å²) in [6, 6.07) is 0. The molecule has 0 bridgehead atoms. The third-order valence-electron chi connectivity index (χ3n) is 0.471. The lowest BCUT2D eigenvalue weighted by Gasteiger charge is -1.79. The van der Waals surface area contributed by atoms with Crippen LogP contribution in [0.25, 0.3) is 0 Å². The summed E-state index contributed by atoms with van der Waals surface area (Å²) in [5, 5.41) is 0. The van der Waals surface area contributed by atoms with Crippen molar-refractivity contribution in [2.45, 2.75) is 6.42 Å². The number of hydrogen-bond donors (Lipinski definition) is 1. The molecule has 2 nitrogen and oxygen atoms in total. The molecule has 0 radical (unpaired) electrons. The Balaban J connectivity index is 0. The first-order chi connectivity index (χ1) is 3.91. The van der Waals surface area contributed by atoms with Gasteiger partial charge in [-0.15, -0.1) is 18.8 Å². The van der Waals surface area contributed by atoms with Gasteiger partial charge in [-0.05, 0) is 0 Å². The number of halogens is 1. The molecule has 9 heavy (non-hydrogen) atoms. The predicted molar refractivity (Wildman–Crippen MR) is 38.6 cm³/mol. The molecule has 0 aromatic heterocycles. The van der Waals surface area contributed by atoms with E-state index in [0.717, 1.165) is 0 Å². The van der Waals surface area contributed by atoms with Crippen LogP contribution in [-0.4, -0.2) is 6.61 Å². The van der Waals surface area contributed by atoms with Gasteiger partial charge in [-0.25, -0.2) is 5.90 Å². The van der Waals surface area contributed by atoms with Crippen LogP contribution in [0.4, 0.5) is 0 Å². The lowest BCUT2D eigenvalue weighted by atomic mass is 10.4. The van der Waals surface area contributed by atoms with E-state index >= 15 is 0 Å². The molecule has 2 N–H and O–H groups in total. The highest BCUT2D eigenvalue weighted by atomic mass is 35.5. The van der Waals surface area contributed by atoms with Crippen LogP contribution in [0.3, 0.4) is 0 Å². The molecule has 0 amide bonds. The summed E-state index contributed by atoms with van der Waals surface area (Å²) in [6.45, 7) is 0.252. The molecule has 0 aromatic carbocycles. The molecule has 0 aliphatic heterocycles. The van der Waals surface area contributed by atoms with E-state index in [1.165, 1.54) is 0 Å². The van der Waals surface area contributed by atoms with E-state index in [9.17, 15) is 0 Å². The van der Waals surface area contributed by atoms with Crippen LogP contribution in [0, 0.1) is 24.2 Å². The van der Waals surface area contributed by atoms with Crippen molar-refractivity contribution in [1.82, 2.24) is 0 Å². The SMILES string of the molecule is C#CCC#CCON.Cl. The number of terminal acetylenes is 1. The van der Waals surface area contributed by atoms with Gasteiger partial charge in [-0.3, -0.25) is 4.84 Å². The van der Waals surface area contributed by atoms with Crippen LogP contribution in [-0.2, 0) is 4.84 Å². The highest BCUT2D eigenvalue weighted by Crippen LogP contribution is 1.66. The maximum absolute atomic E-state index is 4.89. The molecule has 0 heterocycles. The average molecular weight is 146 g/mol. The van der Waals surface area contributed by atoms with Crippen LogP contribution >= 0.6 is 12.4 Å². The topological polar surface area (TPSA) is 35.2 Å². The van der Waals surface area contributed by atoms with E-state index in [0.29, 0.717) is 6.42 Å². The van der Waals surface area contributed by atoms with Gasteiger partial charge in [0.05, 0.1) is 6.42 Å². The molecule has 0 aromatic rings. The lowest BCUT2D eigenvalue weighted by molar-refractivity contribution is 0.173. The maximum atomic E-state index is 4.89. The Labute approximate surface area is 61.1 Å². The molecular weight excluding hydrogens is 138 g/mol. The van der Waals surface area contributed by atoms with Gasteiger partial charge in [0.15, 0.2) is 0 Å². The van der Waals surface area contributed by atoms with Crippen molar-refractivity contribution in [3.8, 4) is 24.2 Å². The minimum Gasteiger partial charge on any atom is -0.292 e. The van der Waals surface area contributed by atoms with Gasteiger partial charge < -0.3 is 0 Å². The molecule has 0 saturated carbocycles. The fraction of sp³-hybridized carbons (Fsp3) is 0.333. The molecule has 0 saturated heterocycles. The second-order valence-electron chi connectivity index (χ2n) is 1.05. The number of nitrogens with two attached hydrogens (primary N) is 1. The quantitative estimate of drug-likeness (QED) is 0.426. The van der Waals surface area contributed by atoms with Crippen molar-refractivity contribution in [2.75, 3.05) is 6.61 Å². The second kappa shape index (κ2) is 10.3. The van der Waals surface area contributed by atoms with Gasteiger partial charge in [0.2, 0.25) is 0 Å². The van der Waals surface area contributed by atoms with E-state index in [2.05, 4.69) is 28.5 Å². The Kier molecular flexibility index (Phi) is 12.8. The van der Waals surface area contributed by atoms with Crippen molar-refractivity contribution in [2.24, 2.45) is 5.90 Å². The summed E-state index contributed by atoms with van der Waals surface area (Å²) in [4.78, 5) is 4.15. The molecule has 0 rings (SSSR count). The number of rotatable bonds is 1. The summed E-state index contributed by atoms with van der Waals surface area (Å²) >= 11 is 0. The van der Waals surface area contributed by atoms with E-state index < -0.39 is 0 Å². The zero-order valence-corrected chi connectivity index (χ0v) is 5.70. The van der Waals surface area contributed by atoms with Crippen LogP contribution < -0.4 is 5.90 Å². The van der Waals surface area contributed by atoms with Crippen LogP contribution in [0.2, 0.25) is 0 Å². The summed E-state index contributed by atoms with van der Waals surface area (Å²) in [5.74, 6) is 12.3. The monoisotopic (exact) mass is 145 g/mol. The summed E-state index contributed by atoms with van der Waals surface area (Å²) in [7, 11) is 0. The first kappa shape index (κ1) is 11.2. The Morgan fingerprint density at radius 2 is 2.11 bits per heavy atom. The van der Waals surface area contributed by atoms with Crippen molar-refractivity contribution in [3.05, 3.63) is 0 Å². The molecule has 0 aliphatic rings. The van der Waals surface area contributed by atoms with Gasteiger partial charge in [-0.2, -0.15) is 0 Å². The second-order valence-corrected chi connectivity index (χ2v) is 1.05. The van der Waals surface area contributed by atoms with Gasteiger partial charge in [0, 0.05) is 0 Å². The smallest absolute Gasteiger partial charge is 0.128 e. The maximum Gasteiger partial charge on any atom is 0.128 e. The van der Waals surface area contributed by atoms with Crippen molar-refractivity contribution < 1.29 is 4.84 Å². The normalized spacial score (nSPS) is 5.78.